The minimum absolute atomic E-state index is 0.0477. The summed E-state index contributed by atoms with van der Waals surface area (Å²) in [7, 11) is 3.06. The number of halogens is 4. The van der Waals surface area contributed by atoms with Crippen molar-refractivity contribution in [2.75, 3.05) is 14.2 Å². The van der Waals surface area contributed by atoms with Crippen LogP contribution in [-0.2, 0) is 9.47 Å². The zero-order valence-electron chi connectivity index (χ0n) is 10.6. The number of methoxy groups -OCH3 is 2. The lowest BCUT2D eigenvalue weighted by atomic mass is 9.75. The third-order valence-electron chi connectivity index (χ3n) is 4.82. The maximum atomic E-state index is 6.89. The summed E-state index contributed by atoms with van der Waals surface area (Å²) in [4.78, 5) is -2.07. The minimum Gasteiger partial charge on any atom is -0.350 e. The molecule has 6 heteroatoms. The van der Waals surface area contributed by atoms with E-state index in [1.165, 1.54) is 14.2 Å². The van der Waals surface area contributed by atoms with Gasteiger partial charge in [-0.2, -0.15) is 0 Å². The number of hydrogen-bond donors (Lipinski definition) is 0. The summed E-state index contributed by atoms with van der Waals surface area (Å²) in [6.45, 7) is 0. The molecule has 0 aromatic heterocycles. The third-order valence-corrected chi connectivity index (χ3v) is 7.52. The SMILES string of the molecule is COC1(OC)[C@@]2(Cl)C(Cl)=C(Cl)[C@@]1(Cl)[C@H]1CC=CC[C@H]12. The molecule has 1 saturated carbocycles. The van der Waals surface area contributed by atoms with Crippen molar-refractivity contribution in [3.8, 4) is 0 Å². The fourth-order valence-electron chi connectivity index (χ4n) is 4.06. The molecule has 0 radical (unpaired) electrons. The van der Waals surface area contributed by atoms with Gasteiger partial charge in [-0.3, -0.25) is 0 Å². The molecule has 3 aliphatic rings. The monoisotopic (exact) mass is 342 g/mol. The Kier molecular flexibility index (Phi) is 3.27. The predicted octanol–water partition coefficient (Wildman–Crippen LogP) is 4.23. The van der Waals surface area contributed by atoms with Crippen LogP contribution in [0.25, 0.3) is 0 Å². The van der Waals surface area contributed by atoms with Crippen LogP contribution in [0.4, 0.5) is 0 Å². The van der Waals surface area contributed by atoms with Gasteiger partial charge in [0.25, 0.3) is 0 Å². The quantitative estimate of drug-likeness (QED) is 0.424. The van der Waals surface area contributed by atoms with E-state index in [0.29, 0.717) is 10.1 Å². The molecule has 0 amide bonds. The summed E-state index contributed by atoms with van der Waals surface area (Å²) < 4.78 is 11.3. The molecule has 2 nitrogen and oxygen atoms in total. The zero-order chi connectivity index (χ0) is 14.1. The number of rotatable bonds is 2. The topological polar surface area (TPSA) is 18.5 Å². The molecule has 106 valence electrons. The first kappa shape index (κ1) is 14.5. The van der Waals surface area contributed by atoms with Gasteiger partial charge >= 0.3 is 0 Å². The van der Waals surface area contributed by atoms with E-state index in [1.807, 2.05) is 0 Å². The van der Waals surface area contributed by atoms with Gasteiger partial charge in [0.15, 0.2) is 0 Å². The Morgan fingerprint density at radius 2 is 1.32 bits per heavy atom. The molecule has 3 aliphatic carbocycles. The second-order valence-corrected chi connectivity index (χ2v) is 7.18. The van der Waals surface area contributed by atoms with Gasteiger partial charge in [0.05, 0.1) is 10.1 Å². The lowest BCUT2D eigenvalue weighted by molar-refractivity contribution is -0.220. The van der Waals surface area contributed by atoms with Crippen molar-refractivity contribution in [1.82, 2.24) is 0 Å². The molecule has 0 unspecified atom stereocenters. The molecule has 19 heavy (non-hydrogen) atoms. The van der Waals surface area contributed by atoms with Crippen molar-refractivity contribution < 1.29 is 9.47 Å². The van der Waals surface area contributed by atoms with Crippen molar-refractivity contribution in [3.05, 3.63) is 22.2 Å². The van der Waals surface area contributed by atoms with Crippen LogP contribution in [-0.4, -0.2) is 29.8 Å². The van der Waals surface area contributed by atoms with E-state index in [9.17, 15) is 0 Å². The second kappa shape index (κ2) is 4.28. The molecular weight excluding hydrogens is 330 g/mol. The number of allylic oxidation sites excluding steroid dienone is 2. The van der Waals surface area contributed by atoms with Crippen LogP contribution < -0.4 is 0 Å². The lowest BCUT2D eigenvalue weighted by Gasteiger charge is -2.41. The highest BCUT2D eigenvalue weighted by molar-refractivity contribution is 6.52. The van der Waals surface area contributed by atoms with Crippen LogP contribution in [0.2, 0.25) is 0 Å². The average molecular weight is 344 g/mol. The second-order valence-electron chi connectivity index (χ2n) is 5.23. The molecular formula is C13H14Cl4O2. The summed E-state index contributed by atoms with van der Waals surface area (Å²) in [5.41, 5.74) is 0. The first-order valence-electron chi connectivity index (χ1n) is 6.11. The van der Waals surface area contributed by atoms with Crippen molar-refractivity contribution in [2.45, 2.75) is 28.4 Å². The largest absolute Gasteiger partial charge is 0.350 e. The summed E-state index contributed by atoms with van der Waals surface area (Å²) in [5, 5.41) is 0.706. The summed E-state index contributed by atoms with van der Waals surface area (Å²) in [6, 6.07) is 0. The maximum absolute atomic E-state index is 6.89. The van der Waals surface area contributed by atoms with Gasteiger partial charge in [-0.25, -0.2) is 0 Å². The molecule has 0 aliphatic heterocycles. The van der Waals surface area contributed by atoms with Crippen LogP contribution in [0, 0.1) is 11.8 Å². The van der Waals surface area contributed by atoms with E-state index in [4.69, 9.17) is 55.9 Å². The van der Waals surface area contributed by atoms with Crippen LogP contribution in [0.3, 0.4) is 0 Å². The van der Waals surface area contributed by atoms with E-state index >= 15 is 0 Å². The van der Waals surface area contributed by atoms with Crippen LogP contribution >= 0.6 is 46.4 Å². The predicted molar refractivity (Wildman–Crippen MR) is 78.0 cm³/mol. The normalized spacial score (nSPS) is 46.8. The van der Waals surface area contributed by atoms with Crippen LogP contribution in [0.15, 0.2) is 22.2 Å². The molecule has 0 saturated heterocycles. The Morgan fingerprint density at radius 1 is 0.947 bits per heavy atom. The number of ether oxygens (including phenoxy) is 2. The molecule has 2 bridgehead atoms. The third kappa shape index (κ3) is 1.26. The summed E-state index contributed by atoms with van der Waals surface area (Å²) in [5.74, 6) is -1.14. The minimum atomic E-state index is -1.24. The number of fused-ring (bicyclic) bond motifs is 5. The Bertz CT molecular complexity index is 447. The highest BCUT2D eigenvalue weighted by atomic mass is 35.5. The van der Waals surface area contributed by atoms with Gasteiger partial charge < -0.3 is 9.47 Å². The van der Waals surface area contributed by atoms with Gasteiger partial charge in [-0.15, -0.1) is 23.2 Å². The van der Waals surface area contributed by atoms with Crippen molar-refractivity contribution in [1.29, 1.82) is 0 Å². The molecule has 1 fully saturated rings. The smallest absolute Gasteiger partial charge is 0.217 e. The highest BCUT2D eigenvalue weighted by Crippen LogP contribution is 2.75. The molecule has 0 aromatic carbocycles. The highest BCUT2D eigenvalue weighted by Gasteiger charge is 2.84. The van der Waals surface area contributed by atoms with Crippen molar-refractivity contribution in [2.24, 2.45) is 11.8 Å². The van der Waals surface area contributed by atoms with Gasteiger partial charge in [0, 0.05) is 14.2 Å². The Morgan fingerprint density at radius 3 is 1.63 bits per heavy atom. The fraction of sp³-hybridized carbons (Fsp3) is 0.692. The lowest BCUT2D eigenvalue weighted by Crippen LogP contribution is -2.57. The summed E-state index contributed by atoms with van der Waals surface area (Å²) >= 11 is 26.6. The summed E-state index contributed by atoms with van der Waals surface area (Å²) in [6.07, 6.45) is 5.77. The molecule has 0 N–H and O–H groups in total. The Labute approximate surface area is 132 Å². The molecule has 0 spiro atoms. The van der Waals surface area contributed by atoms with Gasteiger partial charge in [0.2, 0.25) is 5.79 Å². The number of hydrogen-bond acceptors (Lipinski definition) is 2. The average Bonchev–Trinajstić information content (AvgIpc) is 2.69. The molecule has 0 heterocycles. The number of alkyl halides is 2. The van der Waals surface area contributed by atoms with E-state index in [-0.39, 0.29) is 11.8 Å². The molecule has 0 aromatic rings. The molecule has 3 rings (SSSR count). The van der Waals surface area contributed by atoms with Crippen LogP contribution in [0.5, 0.6) is 0 Å². The standard InChI is InChI=1S/C13H14Cl4O2/c1-18-13(19-2)11(16)7-5-3-4-6-8(7)12(13,17)10(15)9(11)14/h3-4,7-8H,5-6H2,1-2H3/t7-,8+,11-,12-/m0/s1. The fourth-order valence-corrected chi connectivity index (χ4v) is 6.31. The maximum Gasteiger partial charge on any atom is 0.217 e. The Hall–Kier alpha value is 0.560. The first-order valence-corrected chi connectivity index (χ1v) is 7.62. The van der Waals surface area contributed by atoms with Crippen LogP contribution in [0.1, 0.15) is 12.8 Å². The van der Waals surface area contributed by atoms with Gasteiger partial charge in [-0.1, -0.05) is 35.4 Å². The van der Waals surface area contributed by atoms with E-state index in [2.05, 4.69) is 12.2 Å². The van der Waals surface area contributed by atoms with E-state index < -0.39 is 15.5 Å². The Balaban J connectivity index is 2.29. The van der Waals surface area contributed by atoms with Crippen molar-refractivity contribution in [3.63, 3.8) is 0 Å². The van der Waals surface area contributed by atoms with Crippen molar-refractivity contribution >= 4 is 46.4 Å². The van der Waals surface area contributed by atoms with Gasteiger partial charge in [-0.05, 0) is 24.7 Å². The zero-order valence-corrected chi connectivity index (χ0v) is 13.6. The first-order chi connectivity index (χ1) is 8.91. The van der Waals surface area contributed by atoms with Gasteiger partial charge in [0.1, 0.15) is 9.75 Å². The molecule has 4 atom stereocenters. The van der Waals surface area contributed by atoms with E-state index in [1.54, 1.807) is 0 Å². The van der Waals surface area contributed by atoms with E-state index in [0.717, 1.165) is 12.8 Å².